The van der Waals surface area contributed by atoms with Gasteiger partial charge in [-0.15, -0.1) is 11.8 Å². The number of hydrogen-bond donors (Lipinski definition) is 0. The fourth-order valence-corrected chi connectivity index (χ4v) is 5.27. The van der Waals surface area contributed by atoms with E-state index in [1.165, 1.54) is 0 Å². The van der Waals surface area contributed by atoms with E-state index in [9.17, 15) is 9.59 Å². The molecule has 0 fully saturated rings. The monoisotopic (exact) mass is 480 g/mol. The highest BCUT2D eigenvalue weighted by atomic mass is 32.2. The third-order valence-corrected chi connectivity index (χ3v) is 7.04. The number of pyridine rings is 2. The van der Waals surface area contributed by atoms with Crippen LogP contribution >= 0.6 is 11.8 Å². The molecule has 0 bridgehead atoms. The van der Waals surface area contributed by atoms with Gasteiger partial charge in [0, 0.05) is 29.2 Å². The van der Waals surface area contributed by atoms with Crippen molar-refractivity contribution in [2.45, 2.75) is 17.6 Å². The van der Waals surface area contributed by atoms with Crippen molar-refractivity contribution < 1.29 is 14.3 Å². The Morgan fingerprint density at radius 3 is 2.57 bits per heavy atom. The minimum atomic E-state index is -0.631. The molecule has 0 saturated carbocycles. The van der Waals surface area contributed by atoms with Crippen LogP contribution < -0.4 is 10.2 Å². The van der Waals surface area contributed by atoms with Gasteiger partial charge in [-0.2, -0.15) is 0 Å². The zero-order valence-electron chi connectivity index (χ0n) is 18.9. The number of rotatable bonds is 5. The first kappa shape index (κ1) is 21.4. The number of hydrogen-bond acceptors (Lipinski definition) is 6. The number of esters is 1. The number of thioether (sulfide) groups is 1. The van der Waals surface area contributed by atoms with Crippen molar-refractivity contribution in [3.63, 3.8) is 0 Å². The van der Waals surface area contributed by atoms with Crippen LogP contribution in [0.5, 0.6) is 11.5 Å². The summed E-state index contributed by atoms with van der Waals surface area (Å²) in [5.41, 5.74) is 2.16. The summed E-state index contributed by atoms with van der Waals surface area (Å²) in [7, 11) is 0. The maximum absolute atomic E-state index is 13.5. The molecule has 3 heterocycles. The van der Waals surface area contributed by atoms with Gasteiger partial charge in [0.2, 0.25) is 5.43 Å². The molecule has 0 aliphatic carbocycles. The fourth-order valence-electron chi connectivity index (χ4n) is 4.35. The molecule has 3 aromatic carbocycles. The molecule has 5 aromatic rings. The lowest BCUT2D eigenvalue weighted by molar-refractivity contribution is 0.0524. The van der Waals surface area contributed by atoms with Crippen LogP contribution in [-0.4, -0.2) is 22.1 Å². The minimum absolute atomic E-state index is 0.00240. The molecule has 0 atom stereocenters. The Bertz CT molecular complexity index is 1680. The molecule has 7 heteroatoms. The summed E-state index contributed by atoms with van der Waals surface area (Å²) in [5.74, 6) is 1.32. The Labute approximate surface area is 205 Å². The Morgan fingerprint density at radius 1 is 1.03 bits per heavy atom. The molecule has 35 heavy (non-hydrogen) atoms. The normalized spacial score (nSPS) is 11.8. The van der Waals surface area contributed by atoms with E-state index >= 15 is 0 Å². The second-order valence-electron chi connectivity index (χ2n) is 8.19. The first-order chi connectivity index (χ1) is 17.1. The molecule has 1 aliphatic rings. The number of ether oxygens (including phenoxy) is 2. The molecule has 1 aliphatic heterocycles. The number of nitrogens with zero attached hydrogens (tertiary/aromatic N) is 2. The molecular weight excluding hydrogens is 460 g/mol. The van der Waals surface area contributed by atoms with Gasteiger partial charge in [-0.1, -0.05) is 24.3 Å². The van der Waals surface area contributed by atoms with Crippen LogP contribution in [0, 0.1) is 0 Å². The SMILES string of the molecule is CCOC(=O)c1cn2c3c(cc(SCc4ccncc4)cc3c1=O)Oc1cc3ccccc3cc1-2. The standard InChI is InChI=1S/C28H20N2O4S/c1-2-33-28(32)22-15-30-23-11-18-5-3-4-6-19(18)12-24(23)34-25-14-20(13-21(26(25)30)27(22)31)35-16-17-7-9-29-10-8-17/h3-15H,2,16H2,1H3. The van der Waals surface area contributed by atoms with Gasteiger partial charge in [0.1, 0.15) is 11.1 Å². The Kier molecular flexibility index (Phi) is 5.26. The van der Waals surface area contributed by atoms with Crippen molar-refractivity contribution in [3.8, 4) is 17.2 Å². The maximum atomic E-state index is 13.5. The van der Waals surface area contributed by atoms with Crippen molar-refractivity contribution in [3.05, 3.63) is 101 Å². The third-order valence-electron chi connectivity index (χ3n) is 5.99. The zero-order chi connectivity index (χ0) is 23.9. The van der Waals surface area contributed by atoms with Crippen LogP contribution in [0.15, 0.2) is 88.9 Å². The molecule has 0 spiro atoms. The summed E-state index contributed by atoms with van der Waals surface area (Å²) < 4.78 is 13.4. The first-order valence-electron chi connectivity index (χ1n) is 11.3. The molecule has 172 valence electrons. The Morgan fingerprint density at radius 2 is 1.80 bits per heavy atom. The maximum Gasteiger partial charge on any atom is 0.343 e. The molecule has 0 amide bonds. The molecule has 0 saturated heterocycles. The van der Waals surface area contributed by atoms with E-state index in [0.717, 1.165) is 26.9 Å². The van der Waals surface area contributed by atoms with E-state index in [-0.39, 0.29) is 17.6 Å². The van der Waals surface area contributed by atoms with Crippen LogP contribution in [0.3, 0.4) is 0 Å². The molecular formula is C28H20N2O4S. The van der Waals surface area contributed by atoms with E-state index in [1.807, 2.05) is 65.2 Å². The average Bonchev–Trinajstić information content (AvgIpc) is 2.88. The second-order valence-corrected chi connectivity index (χ2v) is 9.24. The second kappa shape index (κ2) is 8.60. The Balaban J connectivity index is 1.57. The van der Waals surface area contributed by atoms with Gasteiger partial charge in [-0.05, 0) is 59.7 Å². The van der Waals surface area contributed by atoms with Gasteiger partial charge >= 0.3 is 5.97 Å². The van der Waals surface area contributed by atoms with Crippen LogP contribution in [0.2, 0.25) is 0 Å². The van der Waals surface area contributed by atoms with Gasteiger partial charge in [0.25, 0.3) is 0 Å². The summed E-state index contributed by atoms with van der Waals surface area (Å²) in [5, 5.41) is 2.50. The Hall–Kier alpha value is -4.10. The van der Waals surface area contributed by atoms with Gasteiger partial charge in [0.15, 0.2) is 11.5 Å². The highest BCUT2D eigenvalue weighted by Crippen LogP contribution is 2.43. The molecule has 6 rings (SSSR count). The lowest BCUT2D eigenvalue weighted by Gasteiger charge is -2.25. The molecule has 6 nitrogen and oxygen atoms in total. The summed E-state index contributed by atoms with van der Waals surface area (Å²) in [6, 6.07) is 19.7. The topological polar surface area (TPSA) is 70.4 Å². The largest absolute Gasteiger partial charge is 0.462 e. The van der Waals surface area contributed by atoms with Gasteiger partial charge in [-0.25, -0.2) is 4.79 Å². The summed E-state index contributed by atoms with van der Waals surface area (Å²) in [6.45, 7) is 1.91. The number of carbonyl (C=O) groups is 1. The van der Waals surface area contributed by atoms with E-state index in [4.69, 9.17) is 9.47 Å². The molecule has 0 radical (unpaired) electrons. The summed E-state index contributed by atoms with van der Waals surface area (Å²) >= 11 is 1.59. The van der Waals surface area contributed by atoms with Crippen molar-refractivity contribution in [1.29, 1.82) is 0 Å². The smallest absolute Gasteiger partial charge is 0.343 e. The van der Waals surface area contributed by atoms with Crippen LogP contribution in [0.4, 0.5) is 0 Å². The summed E-state index contributed by atoms with van der Waals surface area (Å²) in [6.07, 6.45) is 5.09. The lowest BCUT2D eigenvalue weighted by Crippen LogP contribution is -2.22. The number of fused-ring (bicyclic) bond motifs is 3. The number of carbonyl (C=O) groups excluding carboxylic acids is 1. The zero-order valence-corrected chi connectivity index (χ0v) is 19.7. The van der Waals surface area contributed by atoms with Gasteiger partial charge in [0.05, 0.1) is 17.7 Å². The third kappa shape index (κ3) is 3.74. The van der Waals surface area contributed by atoms with E-state index < -0.39 is 5.97 Å². The van der Waals surface area contributed by atoms with Crippen molar-refractivity contribution in [2.24, 2.45) is 0 Å². The number of aromatic nitrogens is 2. The average molecular weight is 481 g/mol. The summed E-state index contributed by atoms with van der Waals surface area (Å²) in [4.78, 5) is 31.1. The predicted octanol–water partition coefficient (Wildman–Crippen LogP) is 6.11. The number of benzene rings is 3. The van der Waals surface area contributed by atoms with Gasteiger partial charge in [-0.3, -0.25) is 9.78 Å². The van der Waals surface area contributed by atoms with Crippen molar-refractivity contribution in [2.75, 3.05) is 6.61 Å². The van der Waals surface area contributed by atoms with Crippen molar-refractivity contribution in [1.82, 2.24) is 9.55 Å². The predicted molar refractivity (Wildman–Crippen MR) is 137 cm³/mol. The highest BCUT2D eigenvalue weighted by Gasteiger charge is 2.26. The minimum Gasteiger partial charge on any atom is -0.462 e. The molecule has 0 unspecified atom stereocenters. The van der Waals surface area contributed by atoms with E-state index in [2.05, 4.69) is 4.98 Å². The molecule has 2 aromatic heterocycles. The first-order valence-corrected chi connectivity index (χ1v) is 12.2. The van der Waals surface area contributed by atoms with Crippen LogP contribution in [-0.2, 0) is 10.5 Å². The lowest BCUT2D eigenvalue weighted by atomic mass is 10.1. The quantitative estimate of drug-likeness (QED) is 0.219. The van der Waals surface area contributed by atoms with Crippen molar-refractivity contribution >= 4 is 39.4 Å². The highest BCUT2D eigenvalue weighted by molar-refractivity contribution is 7.98. The van der Waals surface area contributed by atoms with E-state index in [1.54, 1.807) is 37.3 Å². The van der Waals surface area contributed by atoms with Crippen LogP contribution in [0.25, 0.3) is 27.4 Å². The van der Waals surface area contributed by atoms with E-state index in [0.29, 0.717) is 28.2 Å². The van der Waals surface area contributed by atoms with Crippen LogP contribution in [0.1, 0.15) is 22.8 Å². The van der Waals surface area contributed by atoms with Gasteiger partial charge < -0.3 is 14.0 Å². The molecule has 0 N–H and O–H groups in total. The fraction of sp³-hybridized carbons (Fsp3) is 0.107.